The van der Waals surface area contributed by atoms with Crippen molar-refractivity contribution in [2.24, 2.45) is 5.41 Å². The molecule has 98 valence electrons. The number of benzene rings is 1. The number of hydrogen-bond donors (Lipinski definition) is 1. The van der Waals surface area contributed by atoms with Crippen LogP contribution in [0.5, 0.6) is 0 Å². The van der Waals surface area contributed by atoms with E-state index in [1.54, 1.807) is 12.1 Å². The monoisotopic (exact) mass is 271 g/mol. The molecule has 1 aromatic rings. The van der Waals surface area contributed by atoms with E-state index in [9.17, 15) is 0 Å². The summed E-state index contributed by atoms with van der Waals surface area (Å²) in [6.45, 7) is 4.55. The van der Waals surface area contributed by atoms with E-state index in [2.05, 4.69) is 25.2 Å². The second-order valence-electron chi connectivity index (χ2n) is 5.49. The molecule has 1 N–H and O–H groups in total. The van der Waals surface area contributed by atoms with Gasteiger partial charge in [-0.05, 0) is 35.8 Å². The van der Waals surface area contributed by atoms with Crippen LogP contribution in [0, 0.1) is 28.1 Å². The molecule has 0 amide bonds. The van der Waals surface area contributed by atoms with E-state index in [0.29, 0.717) is 17.2 Å². The minimum absolute atomic E-state index is 0.256. The van der Waals surface area contributed by atoms with E-state index >= 15 is 0 Å². The molecule has 0 bridgehead atoms. The molecule has 1 heterocycles. The zero-order valence-electron chi connectivity index (χ0n) is 11.2. The Morgan fingerprint density at radius 3 is 2.63 bits per heavy atom. The Morgan fingerprint density at radius 2 is 2.00 bits per heavy atom. The molecule has 1 aromatic carbocycles. The Bertz CT molecular complexity index is 551. The molecular formula is C15H17N3S. The summed E-state index contributed by atoms with van der Waals surface area (Å²) in [4.78, 5) is 0. The van der Waals surface area contributed by atoms with Gasteiger partial charge in [-0.25, -0.2) is 0 Å². The summed E-state index contributed by atoms with van der Waals surface area (Å²) in [6.07, 6.45) is 1.19. The van der Waals surface area contributed by atoms with Crippen LogP contribution in [0.1, 0.15) is 31.4 Å². The van der Waals surface area contributed by atoms with Crippen LogP contribution in [0.2, 0.25) is 0 Å². The molecule has 2 rings (SSSR count). The highest BCUT2D eigenvalue weighted by molar-refractivity contribution is 7.99. The first-order valence-electron chi connectivity index (χ1n) is 6.35. The van der Waals surface area contributed by atoms with Gasteiger partial charge in [0.2, 0.25) is 0 Å². The normalized spacial score (nSPS) is 21.2. The number of nitrogens with zero attached hydrogens (tertiary/aromatic N) is 2. The van der Waals surface area contributed by atoms with Crippen molar-refractivity contribution in [3.05, 3.63) is 29.3 Å². The molecule has 0 saturated carbocycles. The fourth-order valence-electron chi connectivity index (χ4n) is 2.20. The third-order valence-electron chi connectivity index (χ3n) is 3.72. The summed E-state index contributed by atoms with van der Waals surface area (Å²) in [5.41, 5.74) is 2.06. The molecule has 0 radical (unpaired) electrons. The molecule has 0 aromatic heterocycles. The number of rotatable bonds is 2. The largest absolute Gasteiger partial charge is 0.381 e. The first-order valence-corrected chi connectivity index (χ1v) is 7.51. The van der Waals surface area contributed by atoms with Crippen LogP contribution in [0.25, 0.3) is 0 Å². The topological polar surface area (TPSA) is 59.6 Å². The third-order valence-corrected chi connectivity index (χ3v) is 4.78. The molecule has 19 heavy (non-hydrogen) atoms. The smallest absolute Gasteiger partial charge is 0.101 e. The number of anilines is 1. The second kappa shape index (κ2) is 5.55. The maximum Gasteiger partial charge on any atom is 0.101 e. The van der Waals surface area contributed by atoms with Gasteiger partial charge in [-0.2, -0.15) is 22.3 Å². The van der Waals surface area contributed by atoms with Crippen molar-refractivity contribution in [3.8, 4) is 12.1 Å². The minimum Gasteiger partial charge on any atom is -0.381 e. The molecule has 1 unspecified atom stereocenters. The third kappa shape index (κ3) is 3.03. The highest BCUT2D eigenvalue weighted by atomic mass is 32.2. The van der Waals surface area contributed by atoms with Gasteiger partial charge in [-0.1, -0.05) is 13.8 Å². The summed E-state index contributed by atoms with van der Waals surface area (Å²) in [5.74, 6) is 2.29. The van der Waals surface area contributed by atoms with Crippen molar-refractivity contribution in [1.29, 1.82) is 10.5 Å². The van der Waals surface area contributed by atoms with E-state index in [1.165, 1.54) is 12.2 Å². The first kappa shape index (κ1) is 13.8. The van der Waals surface area contributed by atoms with Crippen molar-refractivity contribution in [3.63, 3.8) is 0 Å². The van der Waals surface area contributed by atoms with Gasteiger partial charge < -0.3 is 5.32 Å². The summed E-state index contributed by atoms with van der Waals surface area (Å²) >= 11 is 1.96. The lowest BCUT2D eigenvalue weighted by Crippen LogP contribution is -2.41. The van der Waals surface area contributed by atoms with Crippen LogP contribution in [0.3, 0.4) is 0 Å². The molecule has 0 spiro atoms. The van der Waals surface area contributed by atoms with Gasteiger partial charge in [-0.15, -0.1) is 0 Å². The minimum atomic E-state index is 0.256. The van der Waals surface area contributed by atoms with Crippen LogP contribution in [-0.2, 0) is 0 Å². The number of thioether (sulfide) groups is 1. The summed E-state index contributed by atoms with van der Waals surface area (Å²) in [5, 5.41) is 21.5. The van der Waals surface area contributed by atoms with Crippen LogP contribution < -0.4 is 5.32 Å². The number of nitrogens with one attached hydrogen (secondary N) is 1. The van der Waals surface area contributed by atoms with Crippen molar-refractivity contribution in [1.82, 2.24) is 0 Å². The zero-order valence-corrected chi connectivity index (χ0v) is 12.0. The van der Waals surface area contributed by atoms with E-state index in [4.69, 9.17) is 10.5 Å². The van der Waals surface area contributed by atoms with Crippen LogP contribution in [0.4, 0.5) is 5.69 Å². The maximum absolute atomic E-state index is 9.05. The maximum atomic E-state index is 9.05. The van der Waals surface area contributed by atoms with Gasteiger partial charge in [0.15, 0.2) is 0 Å². The highest BCUT2D eigenvalue weighted by Gasteiger charge is 2.32. The second-order valence-corrected chi connectivity index (χ2v) is 6.64. The number of hydrogen-bond acceptors (Lipinski definition) is 4. The lowest BCUT2D eigenvalue weighted by Gasteiger charge is -2.39. The lowest BCUT2D eigenvalue weighted by molar-refractivity contribution is 0.305. The van der Waals surface area contributed by atoms with Gasteiger partial charge in [0, 0.05) is 17.5 Å². The Balaban J connectivity index is 2.20. The predicted octanol–water partition coefficient (Wildman–Crippen LogP) is 3.37. The average Bonchev–Trinajstić information content (AvgIpc) is 2.41. The van der Waals surface area contributed by atoms with Crippen LogP contribution >= 0.6 is 11.8 Å². The Hall–Kier alpha value is -1.65. The van der Waals surface area contributed by atoms with E-state index in [1.807, 2.05) is 23.9 Å². The average molecular weight is 271 g/mol. The number of nitriles is 2. The summed E-state index contributed by atoms with van der Waals surface area (Å²) in [7, 11) is 0. The predicted molar refractivity (Wildman–Crippen MR) is 79.0 cm³/mol. The molecule has 1 aliphatic rings. The van der Waals surface area contributed by atoms with E-state index in [0.717, 1.165) is 11.4 Å². The van der Waals surface area contributed by atoms with Crippen molar-refractivity contribution >= 4 is 17.4 Å². The Morgan fingerprint density at radius 1 is 1.26 bits per heavy atom. The van der Waals surface area contributed by atoms with Gasteiger partial charge in [-0.3, -0.25) is 0 Å². The fourth-order valence-corrected chi connectivity index (χ4v) is 3.81. The van der Waals surface area contributed by atoms with Gasteiger partial charge in [0.25, 0.3) is 0 Å². The molecule has 1 aliphatic heterocycles. The summed E-state index contributed by atoms with van der Waals surface area (Å²) < 4.78 is 0. The van der Waals surface area contributed by atoms with Gasteiger partial charge in [0.05, 0.1) is 11.1 Å². The fraction of sp³-hybridized carbons (Fsp3) is 0.467. The SMILES string of the molecule is CC1(C)CCSCC1Nc1ccc(C#N)c(C#N)c1. The molecule has 1 atom stereocenters. The van der Waals surface area contributed by atoms with Crippen molar-refractivity contribution < 1.29 is 0 Å². The summed E-state index contributed by atoms with van der Waals surface area (Å²) in [6, 6.07) is 9.88. The molecule has 3 nitrogen and oxygen atoms in total. The molecule has 4 heteroatoms. The van der Waals surface area contributed by atoms with Crippen LogP contribution in [0.15, 0.2) is 18.2 Å². The van der Waals surface area contributed by atoms with Gasteiger partial charge >= 0.3 is 0 Å². The molecular weight excluding hydrogens is 254 g/mol. The highest BCUT2D eigenvalue weighted by Crippen LogP contribution is 2.36. The standard InChI is InChI=1S/C15H17N3S/c1-15(2)5-6-19-10-14(15)18-13-4-3-11(8-16)12(7-13)9-17/h3-4,7,14,18H,5-6,10H2,1-2H3. The Labute approximate surface area is 118 Å². The molecule has 1 fully saturated rings. The van der Waals surface area contributed by atoms with Crippen LogP contribution in [-0.4, -0.2) is 17.5 Å². The van der Waals surface area contributed by atoms with E-state index < -0.39 is 0 Å². The van der Waals surface area contributed by atoms with E-state index in [-0.39, 0.29) is 5.41 Å². The van der Waals surface area contributed by atoms with Gasteiger partial charge in [0.1, 0.15) is 12.1 Å². The Kier molecular flexibility index (Phi) is 4.02. The quantitative estimate of drug-likeness (QED) is 0.896. The first-order chi connectivity index (χ1) is 9.06. The van der Waals surface area contributed by atoms with Crippen molar-refractivity contribution in [2.45, 2.75) is 26.3 Å². The zero-order chi connectivity index (χ0) is 13.9. The van der Waals surface area contributed by atoms with Crippen molar-refractivity contribution in [2.75, 3.05) is 16.8 Å². The molecule has 1 saturated heterocycles. The lowest BCUT2D eigenvalue weighted by atomic mass is 9.82. The molecule has 0 aliphatic carbocycles.